The minimum absolute atomic E-state index is 0.342. The fraction of sp³-hybridized carbons (Fsp3) is 0.286. The molecule has 0 saturated heterocycles. The molecule has 5 nitrogen and oxygen atoms in total. The Hall–Kier alpha value is -2.30. The van der Waals surface area contributed by atoms with Crippen LogP contribution < -0.4 is 5.73 Å². The molecule has 1 rings (SSSR count). The first-order chi connectivity index (χ1) is 8.95. The SMILES string of the molecule is CCC(C(=O)O)N(C)C(=O)/C=C/c1ccc(N)cc1. The van der Waals surface area contributed by atoms with Crippen molar-refractivity contribution in [3.8, 4) is 0 Å². The normalized spacial score (nSPS) is 12.3. The lowest BCUT2D eigenvalue weighted by atomic mass is 10.1. The first-order valence-corrected chi connectivity index (χ1v) is 5.99. The van der Waals surface area contributed by atoms with Gasteiger partial charge in [0.1, 0.15) is 6.04 Å². The third kappa shape index (κ3) is 4.13. The minimum atomic E-state index is -1.00. The van der Waals surface area contributed by atoms with Crippen molar-refractivity contribution in [2.24, 2.45) is 0 Å². The van der Waals surface area contributed by atoms with Crippen LogP contribution >= 0.6 is 0 Å². The van der Waals surface area contributed by atoms with Crippen LogP contribution in [-0.2, 0) is 9.59 Å². The van der Waals surface area contributed by atoms with Crippen molar-refractivity contribution in [3.63, 3.8) is 0 Å². The maximum atomic E-state index is 11.8. The second-order valence-corrected chi connectivity index (χ2v) is 4.21. The summed E-state index contributed by atoms with van der Waals surface area (Å²) >= 11 is 0. The third-order valence-corrected chi connectivity index (χ3v) is 2.84. The molecular weight excluding hydrogens is 244 g/mol. The topological polar surface area (TPSA) is 83.6 Å². The molecular formula is C14H18N2O3. The summed E-state index contributed by atoms with van der Waals surface area (Å²) in [5.74, 6) is -1.34. The molecule has 1 unspecified atom stereocenters. The van der Waals surface area contributed by atoms with Gasteiger partial charge in [0.05, 0.1) is 0 Å². The second-order valence-electron chi connectivity index (χ2n) is 4.21. The number of carbonyl (C=O) groups is 2. The van der Waals surface area contributed by atoms with Gasteiger partial charge in [-0.3, -0.25) is 4.79 Å². The number of carbonyl (C=O) groups excluding carboxylic acids is 1. The zero-order chi connectivity index (χ0) is 14.4. The molecule has 0 aliphatic heterocycles. The van der Waals surface area contributed by atoms with E-state index in [-0.39, 0.29) is 5.91 Å². The maximum absolute atomic E-state index is 11.8. The van der Waals surface area contributed by atoms with Gasteiger partial charge < -0.3 is 15.7 Å². The summed E-state index contributed by atoms with van der Waals surface area (Å²) in [7, 11) is 1.48. The molecule has 1 aromatic rings. The van der Waals surface area contributed by atoms with Gasteiger partial charge in [0.25, 0.3) is 0 Å². The average Bonchev–Trinajstić information content (AvgIpc) is 2.38. The van der Waals surface area contributed by atoms with E-state index in [1.54, 1.807) is 37.3 Å². The molecule has 0 aliphatic rings. The predicted molar refractivity (Wildman–Crippen MR) is 74.4 cm³/mol. The Kier molecular flexibility index (Phi) is 5.11. The lowest BCUT2D eigenvalue weighted by Crippen LogP contribution is -2.41. The van der Waals surface area contributed by atoms with E-state index in [4.69, 9.17) is 10.8 Å². The van der Waals surface area contributed by atoms with Crippen molar-refractivity contribution < 1.29 is 14.7 Å². The Morgan fingerprint density at radius 3 is 2.42 bits per heavy atom. The molecule has 0 radical (unpaired) electrons. The summed E-state index contributed by atoms with van der Waals surface area (Å²) in [6, 6.07) is 6.24. The number of anilines is 1. The van der Waals surface area contributed by atoms with E-state index in [0.717, 1.165) is 5.56 Å². The number of carboxylic acids is 1. The van der Waals surface area contributed by atoms with E-state index in [9.17, 15) is 9.59 Å². The van der Waals surface area contributed by atoms with Crippen molar-refractivity contribution >= 4 is 23.6 Å². The zero-order valence-corrected chi connectivity index (χ0v) is 11.0. The van der Waals surface area contributed by atoms with Crippen LogP contribution in [0.5, 0.6) is 0 Å². The van der Waals surface area contributed by atoms with Crippen molar-refractivity contribution in [2.45, 2.75) is 19.4 Å². The molecule has 0 saturated carbocycles. The smallest absolute Gasteiger partial charge is 0.326 e. The van der Waals surface area contributed by atoms with Gasteiger partial charge in [0.15, 0.2) is 0 Å². The molecule has 0 spiro atoms. The highest BCUT2D eigenvalue weighted by molar-refractivity contribution is 5.94. The van der Waals surface area contributed by atoms with Gasteiger partial charge in [-0.2, -0.15) is 0 Å². The van der Waals surface area contributed by atoms with Gasteiger partial charge in [-0.15, -0.1) is 0 Å². The fourth-order valence-electron chi connectivity index (χ4n) is 1.66. The number of aliphatic carboxylic acids is 1. The van der Waals surface area contributed by atoms with Crippen LogP contribution in [0.15, 0.2) is 30.3 Å². The molecule has 1 amide bonds. The monoisotopic (exact) mass is 262 g/mol. The number of benzene rings is 1. The molecule has 0 bridgehead atoms. The van der Waals surface area contributed by atoms with Crippen molar-refractivity contribution in [3.05, 3.63) is 35.9 Å². The van der Waals surface area contributed by atoms with Crippen LogP contribution in [0.1, 0.15) is 18.9 Å². The zero-order valence-electron chi connectivity index (χ0n) is 11.0. The van der Waals surface area contributed by atoms with E-state index in [1.165, 1.54) is 18.0 Å². The molecule has 19 heavy (non-hydrogen) atoms. The number of nitrogen functional groups attached to an aromatic ring is 1. The molecule has 102 valence electrons. The number of nitrogens with zero attached hydrogens (tertiary/aromatic N) is 1. The van der Waals surface area contributed by atoms with Crippen molar-refractivity contribution in [2.75, 3.05) is 12.8 Å². The van der Waals surface area contributed by atoms with E-state index >= 15 is 0 Å². The summed E-state index contributed by atoms with van der Waals surface area (Å²) in [6.45, 7) is 1.73. The van der Waals surface area contributed by atoms with Crippen molar-refractivity contribution in [1.82, 2.24) is 4.90 Å². The van der Waals surface area contributed by atoms with Crippen molar-refractivity contribution in [1.29, 1.82) is 0 Å². The molecule has 1 atom stereocenters. The van der Waals surface area contributed by atoms with Crippen LogP contribution in [0.3, 0.4) is 0 Å². The van der Waals surface area contributed by atoms with Crippen LogP contribution in [0.4, 0.5) is 5.69 Å². The molecule has 0 aliphatic carbocycles. The van der Waals surface area contributed by atoms with Gasteiger partial charge in [-0.25, -0.2) is 4.79 Å². The average molecular weight is 262 g/mol. The summed E-state index contributed by atoms with van der Waals surface area (Å²) < 4.78 is 0. The molecule has 0 fully saturated rings. The number of hydrogen-bond donors (Lipinski definition) is 2. The van der Waals surface area contributed by atoms with Gasteiger partial charge >= 0.3 is 5.97 Å². The van der Waals surface area contributed by atoms with Crippen LogP contribution in [0.2, 0.25) is 0 Å². The standard InChI is InChI=1S/C14H18N2O3/c1-3-12(14(18)19)16(2)13(17)9-6-10-4-7-11(15)8-5-10/h4-9,12H,3,15H2,1-2H3,(H,18,19)/b9-6+. The van der Waals surface area contributed by atoms with E-state index in [0.29, 0.717) is 12.1 Å². The molecule has 5 heteroatoms. The Morgan fingerprint density at radius 1 is 1.37 bits per heavy atom. The highest BCUT2D eigenvalue weighted by Crippen LogP contribution is 2.08. The van der Waals surface area contributed by atoms with E-state index in [2.05, 4.69) is 0 Å². The summed E-state index contributed by atoms with van der Waals surface area (Å²) in [5.41, 5.74) is 7.04. The highest BCUT2D eigenvalue weighted by atomic mass is 16.4. The Morgan fingerprint density at radius 2 is 1.95 bits per heavy atom. The van der Waals surface area contributed by atoms with Crippen LogP contribution in [0.25, 0.3) is 6.08 Å². The van der Waals surface area contributed by atoms with Crippen LogP contribution in [0, 0.1) is 0 Å². The number of nitrogens with two attached hydrogens (primary N) is 1. The Bertz CT molecular complexity index is 480. The third-order valence-electron chi connectivity index (χ3n) is 2.84. The number of carboxylic acid groups (broad SMARTS) is 1. The molecule has 1 aromatic carbocycles. The Labute approximate surface area is 112 Å². The number of likely N-dealkylation sites (N-methyl/N-ethyl adjacent to an activating group) is 1. The largest absolute Gasteiger partial charge is 0.480 e. The first kappa shape index (κ1) is 14.8. The van der Waals surface area contributed by atoms with Gasteiger partial charge in [-0.1, -0.05) is 19.1 Å². The quantitative estimate of drug-likeness (QED) is 0.623. The van der Waals surface area contributed by atoms with Gasteiger partial charge in [0, 0.05) is 18.8 Å². The molecule has 0 heterocycles. The lowest BCUT2D eigenvalue weighted by molar-refractivity contribution is -0.147. The van der Waals surface area contributed by atoms with Gasteiger partial charge in [0.2, 0.25) is 5.91 Å². The number of rotatable bonds is 5. The molecule has 0 aromatic heterocycles. The van der Waals surface area contributed by atoms with E-state index < -0.39 is 12.0 Å². The minimum Gasteiger partial charge on any atom is -0.480 e. The maximum Gasteiger partial charge on any atom is 0.326 e. The predicted octanol–water partition coefficient (Wildman–Crippen LogP) is 1.60. The lowest BCUT2D eigenvalue weighted by Gasteiger charge is -2.22. The highest BCUT2D eigenvalue weighted by Gasteiger charge is 2.22. The van der Waals surface area contributed by atoms with Gasteiger partial charge in [-0.05, 0) is 30.2 Å². The van der Waals surface area contributed by atoms with Crippen LogP contribution in [-0.4, -0.2) is 35.0 Å². The number of hydrogen-bond acceptors (Lipinski definition) is 3. The second kappa shape index (κ2) is 6.58. The summed E-state index contributed by atoms with van der Waals surface area (Å²) in [6.07, 6.45) is 3.36. The summed E-state index contributed by atoms with van der Waals surface area (Å²) in [5, 5.41) is 8.98. The Balaban J connectivity index is 2.73. The fourth-order valence-corrected chi connectivity index (χ4v) is 1.66. The number of amides is 1. The summed E-state index contributed by atoms with van der Waals surface area (Å²) in [4.78, 5) is 24.0. The van der Waals surface area contributed by atoms with E-state index in [1.807, 2.05) is 0 Å². The molecule has 3 N–H and O–H groups in total. The first-order valence-electron chi connectivity index (χ1n) is 5.99.